The molecule has 1 aromatic rings. The van der Waals surface area contributed by atoms with Gasteiger partial charge in [-0.15, -0.1) is 0 Å². The van der Waals surface area contributed by atoms with Gasteiger partial charge in [0.05, 0.1) is 12.1 Å². The summed E-state index contributed by atoms with van der Waals surface area (Å²) in [5.74, 6) is -5.32. The summed E-state index contributed by atoms with van der Waals surface area (Å²) >= 11 is 0. The molecule has 0 saturated heterocycles. The van der Waals surface area contributed by atoms with Crippen molar-refractivity contribution in [3.8, 4) is 5.75 Å². The molecule has 1 aromatic carbocycles. The van der Waals surface area contributed by atoms with E-state index in [-0.39, 0.29) is 18.6 Å². The number of aliphatic hydroxyl groups is 1. The number of hydrogen-bond acceptors (Lipinski definition) is 8. The zero-order valence-electron chi connectivity index (χ0n) is 18.7. The number of nitrogens with two attached hydrogens (primary N) is 1. The van der Waals surface area contributed by atoms with Gasteiger partial charge in [-0.05, 0) is 38.0 Å². The summed E-state index contributed by atoms with van der Waals surface area (Å²) in [5.41, 5.74) is 5.95. The van der Waals surface area contributed by atoms with E-state index < -0.39 is 66.4 Å². The van der Waals surface area contributed by atoms with Gasteiger partial charge >= 0.3 is 11.9 Å². The highest BCUT2D eigenvalue weighted by Gasteiger charge is 2.32. The number of aliphatic hydroxyl groups excluding tert-OH is 1. The van der Waals surface area contributed by atoms with Crippen LogP contribution < -0.4 is 21.7 Å². The number of aromatic hydroxyl groups is 1. The Bertz CT molecular complexity index is 887. The maximum Gasteiger partial charge on any atom is 0.326 e. The zero-order chi connectivity index (χ0) is 26.0. The second-order valence-corrected chi connectivity index (χ2v) is 7.78. The third kappa shape index (κ3) is 9.42. The van der Waals surface area contributed by atoms with E-state index in [9.17, 15) is 39.3 Å². The van der Waals surface area contributed by atoms with E-state index >= 15 is 0 Å². The zero-order valence-corrected chi connectivity index (χ0v) is 18.7. The molecule has 0 saturated carbocycles. The summed E-state index contributed by atoms with van der Waals surface area (Å²) < 4.78 is 0. The minimum Gasteiger partial charge on any atom is -0.508 e. The average Bonchev–Trinajstić information content (AvgIpc) is 2.74. The molecule has 5 atom stereocenters. The van der Waals surface area contributed by atoms with Crippen LogP contribution >= 0.6 is 0 Å². The molecule has 0 fully saturated rings. The van der Waals surface area contributed by atoms with Gasteiger partial charge in [0, 0.05) is 12.8 Å². The number of rotatable bonds is 13. The van der Waals surface area contributed by atoms with Crippen LogP contribution in [0.25, 0.3) is 0 Å². The molecule has 5 unspecified atom stereocenters. The Balaban J connectivity index is 2.97. The van der Waals surface area contributed by atoms with Gasteiger partial charge in [0.25, 0.3) is 0 Å². The van der Waals surface area contributed by atoms with Crippen LogP contribution in [0.3, 0.4) is 0 Å². The van der Waals surface area contributed by atoms with Crippen molar-refractivity contribution in [1.82, 2.24) is 16.0 Å². The van der Waals surface area contributed by atoms with Crippen molar-refractivity contribution in [1.29, 1.82) is 0 Å². The number of carboxylic acid groups (broad SMARTS) is 2. The van der Waals surface area contributed by atoms with Crippen molar-refractivity contribution >= 4 is 29.7 Å². The van der Waals surface area contributed by atoms with E-state index in [2.05, 4.69) is 16.0 Å². The number of carboxylic acids is 2. The lowest BCUT2D eigenvalue weighted by atomic mass is 10.0. The number of phenolic OH excluding ortho intramolecular Hbond substituents is 1. The fraction of sp³-hybridized carbons (Fsp3) is 0.476. The highest BCUT2D eigenvalue weighted by molar-refractivity contribution is 5.94. The molecule has 1 rings (SSSR count). The molecule has 188 valence electrons. The van der Waals surface area contributed by atoms with E-state index in [1.165, 1.54) is 38.1 Å². The second kappa shape index (κ2) is 13.1. The summed E-state index contributed by atoms with van der Waals surface area (Å²) in [5, 5.41) is 44.5. The van der Waals surface area contributed by atoms with E-state index in [0.717, 1.165) is 0 Å². The molecule has 3 amide bonds. The molecule has 0 heterocycles. The van der Waals surface area contributed by atoms with Crippen molar-refractivity contribution in [3.63, 3.8) is 0 Å². The number of benzene rings is 1. The largest absolute Gasteiger partial charge is 0.508 e. The maximum absolute atomic E-state index is 12.7. The van der Waals surface area contributed by atoms with Crippen molar-refractivity contribution in [3.05, 3.63) is 29.8 Å². The van der Waals surface area contributed by atoms with Crippen molar-refractivity contribution < 1.29 is 44.4 Å². The molecule has 13 nitrogen and oxygen atoms in total. The maximum atomic E-state index is 12.7. The standard InChI is InChI=1S/C21H30N4O9/c1-10(22)18(30)23-14(7-8-16(28)29)19(31)25-17(11(2)26)20(32)24-15(21(33)34)9-12-3-5-13(27)6-4-12/h3-6,10-11,14-15,17,26-27H,7-9,22H2,1-2H3,(H,23,30)(H,24,32)(H,25,31)(H,28,29)(H,33,34). The fourth-order valence-electron chi connectivity index (χ4n) is 2.83. The molecule has 0 bridgehead atoms. The minimum absolute atomic E-state index is 0.0230. The van der Waals surface area contributed by atoms with Gasteiger partial charge in [-0.1, -0.05) is 12.1 Å². The number of phenols is 1. The fourth-order valence-corrected chi connectivity index (χ4v) is 2.83. The third-order valence-corrected chi connectivity index (χ3v) is 4.75. The van der Waals surface area contributed by atoms with Gasteiger partial charge in [0.2, 0.25) is 17.7 Å². The molecule has 0 aliphatic carbocycles. The highest BCUT2D eigenvalue weighted by atomic mass is 16.4. The van der Waals surface area contributed by atoms with E-state index in [1.807, 2.05) is 0 Å². The number of aliphatic carboxylic acids is 2. The Labute approximate surface area is 195 Å². The number of carbonyl (C=O) groups is 5. The highest BCUT2D eigenvalue weighted by Crippen LogP contribution is 2.12. The molecule has 9 N–H and O–H groups in total. The lowest BCUT2D eigenvalue weighted by Crippen LogP contribution is -2.60. The van der Waals surface area contributed by atoms with Crippen LogP contribution in [-0.4, -0.2) is 80.4 Å². The van der Waals surface area contributed by atoms with Crippen molar-refractivity contribution in [2.75, 3.05) is 0 Å². The summed E-state index contributed by atoms with van der Waals surface area (Å²) in [4.78, 5) is 59.8. The van der Waals surface area contributed by atoms with Crippen LogP contribution in [0.15, 0.2) is 24.3 Å². The first-order chi connectivity index (χ1) is 15.8. The topological polar surface area (TPSA) is 228 Å². The van der Waals surface area contributed by atoms with Crippen molar-refractivity contribution in [2.24, 2.45) is 5.73 Å². The molecular formula is C21H30N4O9. The van der Waals surface area contributed by atoms with E-state index in [4.69, 9.17) is 10.8 Å². The Morgan fingerprint density at radius 1 is 0.882 bits per heavy atom. The Kier molecular flexibility index (Phi) is 10.9. The first kappa shape index (κ1) is 28.3. The van der Waals surface area contributed by atoms with Crippen LogP contribution in [0, 0.1) is 0 Å². The molecule has 0 aliphatic rings. The summed E-state index contributed by atoms with van der Waals surface area (Å²) in [6.07, 6.45) is -2.40. The van der Waals surface area contributed by atoms with Gasteiger partial charge in [0.1, 0.15) is 23.9 Å². The van der Waals surface area contributed by atoms with Gasteiger partial charge in [-0.2, -0.15) is 0 Å². The van der Waals surface area contributed by atoms with Crippen LogP contribution in [0.5, 0.6) is 5.75 Å². The number of hydrogen-bond donors (Lipinski definition) is 8. The monoisotopic (exact) mass is 482 g/mol. The molecule has 0 spiro atoms. The SMILES string of the molecule is CC(N)C(=O)NC(CCC(=O)O)C(=O)NC(C(=O)NC(Cc1ccc(O)cc1)C(=O)O)C(C)O. The molecule has 34 heavy (non-hydrogen) atoms. The van der Waals surface area contributed by atoms with Crippen LogP contribution in [0.4, 0.5) is 0 Å². The number of carbonyl (C=O) groups excluding carboxylic acids is 3. The first-order valence-electron chi connectivity index (χ1n) is 10.4. The Morgan fingerprint density at radius 2 is 1.44 bits per heavy atom. The number of amides is 3. The Hall–Kier alpha value is -3.71. The lowest BCUT2D eigenvalue weighted by molar-refractivity contribution is -0.143. The Morgan fingerprint density at radius 3 is 1.91 bits per heavy atom. The summed E-state index contributed by atoms with van der Waals surface area (Å²) in [6, 6.07) is 0.261. The van der Waals surface area contributed by atoms with Gasteiger partial charge in [-0.25, -0.2) is 4.79 Å². The van der Waals surface area contributed by atoms with E-state index in [0.29, 0.717) is 5.56 Å². The summed E-state index contributed by atoms with van der Waals surface area (Å²) in [6.45, 7) is 2.54. The number of nitrogens with one attached hydrogen (secondary N) is 3. The summed E-state index contributed by atoms with van der Waals surface area (Å²) in [7, 11) is 0. The van der Waals surface area contributed by atoms with Crippen LogP contribution in [0.2, 0.25) is 0 Å². The normalized spacial score (nSPS) is 15.2. The predicted molar refractivity (Wildman–Crippen MR) is 117 cm³/mol. The molecule has 13 heteroatoms. The smallest absolute Gasteiger partial charge is 0.326 e. The quantitative estimate of drug-likeness (QED) is 0.155. The minimum atomic E-state index is -1.60. The predicted octanol–water partition coefficient (Wildman–Crippen LogP) is -1.93. The van der Waals surface area contributed by atoms with Crippen LogP contribution in [0.1, 0.15) is 32.3 Å². The molecule has 0 aliphatic heterocycles. The third-order valence-electron chi connectivity index (χ3n) is 4.75. The van der Waals surface area contributed by atoms with Crippen molar-refractivity contribution in [2.45, 2.75) is 63.4 Å². The van der Waals surface area contributed by atoms with Gasteiger partial charge in [0.15, 0.2) is 0 Å². The first-order valence-corrected chi connectivity index (χ1v) is 10.4. The molecule has 0 radical (unpaired) electrons. The van der Waals surface area contributed by atoms with Crippen LogP contribution in [-0.2, 0) is 30.4 Å². The molecule has 0 aromatic heterocycles. The second-order valence-electron chi connectivity index (χ2n) is 7.78. The van der Waals surface area contributed by atoms with E-state index in [1.54, 1.807) is 0 Å². The molecular weight excluding hydrogens is 452 g/mol. The van der Waals surface area contributed by atoms with Gasteiger partial charge in [-0.3, -0.25) is 19.2 Å². The average molecular weight is 482 g/mol. The lowest BCUT2D eigenvalue weighted by Gasteiger charge is -2.26. The van der Waals surface area contributed by atoms with Gasteiger partial charge < -0.3 is 42.1 Å².